The first kappa shape index (κ1) is 15.4. The number of halogens is 1. The molecule has 0 radical (unpaired) electrons. The number of nitrogens with two attached hydrogens (primary N) is 1. The second-order valence-corrected chi connectivity index (χ2v) is 5.66. The zero-order chi connectivity index (χ0) is 14.6. The van der Waals surface area contributed by atoms with Gasteiger partial charge in [0.25, 0.3) is 0 Å². The number of hydrazine groups is 1. The van der Waals surface area contributed by atoms with E-state index in [1.165, 1.54) is 12.5 Å². The summed E-state index contributed by atoms with van der Waals surface area (Å²) in [4.78, 5) is 0. The highest BCUT2D eigenvalue weighted by Gasteiger charge is 2.41. The lowest BCUT2D eigenvalue weighted by Crippen LogP contribution is -2.50. The van der Waals surface area contributed by atoms with E-state index in [1.807, 2.05) is 13.8 Å². The maximum atomic E-state index is 13.6. The van der Waals surface area contributed by atoms with E-state index < -0.39 is 0 Å². The molecule has 1 aliphatic rings. The molecule has 1 fully saturated rings. The fraction of sp³-hybridized carbons (Fsp3) is 0.625. The van der Waals surface area contributed by atoms with Crippen LogP contribution in [0.2, 0.25) is 0 Å². The Morgan fingerprint density at radius 3 is 2.65 bits per heavy atom. The first-order valence-corrected chi connectivity index (χ1v) is 7.49. The largest absolute Gasteiger partial charge is 0.373 e. The fourth-order valence-corrected chi connectivity index (χ4v) is 3.40. The zero-order valence-electron chi connectivity index (χ0n) is 12.4. The highest BCUT2D eigenvalue weighted by Crippen LogP contribution is 2.42. The van der Waals surface area contributed by atoms with Crippen LogP contribution in [0.25, 0.3) is 0 Å². The molecule has 1 unspecified atom stereocenters. The summed E-state index contributed by atoms with van der Waals surface area (Å²) < 4.78 is 19.7. The molecule has 0 aliphatic heterocycles. The van der Waals surface area contributed by atoms with Gasteiger partial charge in [0.05, 0.1) is 11.6 Å². The molecule has 2 rings (SSSR count). The first-order chi connectivity index (χ1) is 9.63. The van der Waals surface area contributed by atoms with Gasteiger partial charge in [-0.2, -0.15) is 0 Å². The van der Waals surface area contributed by atoms with E-state index in [0.29, 0.717) is 6.61 Å². The Bertz CT molecular complexity index is 439. The van der Waals surface area contributed by atoms with Gasteiger partial charge in [-0.05, 0) is 49.9 Å². The van der Waals surface area contributed by atoms with Crippen molar-refractivity contribution in [2.24, 2.45) is 5.84 Å². The average Bonchev–Trinajstić information content (AvgIpc) is 2.45. The number of rotatable bonds is 5. The molecule has 4 heteroatoms. The van der Waals surface area contributed by atoms with E-state index in [2.05, 4.69) is 5.43 Å². The molecule has 0 saturated heterocycles. The van der Waals surface area contributed by atoms with Gasteiger partial charge in [-0.15, -0.1) is 0 Å². The summed E-state index contributed by atoms with van der Waals surface area (Å²) >= 11 is 0. The molecule has 112 valence electrons. The number of ether oxygens (including phenoxy) is 1. The molecule has 3 N–H and O–H groups in total. The van der Waals surface area contributed by atoms with Crippen molar-refractivity contribution < 1.29 is 9.13 Å². The van der Waals surface area contributed by atoms with Crippen LogP contribution in [0.5, 0.6) is 0 Å². The molecule has 3 nitrogen and oxygen atoms in total. The van der Waals surface area contributed by atoms with Crippen LogP contribution in [-0.4, -0.2) is 12.2 Å². The molecule has 0 amide bonds. The first-order valence-electron chi connectivity index (χ1n) is 7.49. The molecule has 1 aromatic carbocycles. The maximum absolute atomic E-state index is 13.6. The van der Waals surface area contributed by atoms with Crippen LogP contribution in [0.15, 0.2) is 18.2 Å². The van der Waals surface area contributed by atoms with Crippen LogP contribution < -0.4 is 11.3 Å². The lowest BCUT2D eigenvalue weighted by molar-refractivity contribution is -0.0915. The molecule has 0 aromatic heterocycles. The quantitative estimate of drug-likeness (QED) is 0.642. The van der Waals surface area contributed by atoms with Gasteiger partial charge in [-0.25, -0.2) is 4.39 Å². The summed E-state index contributed by atoms with van der Waals surface area (Å²) in [6.45, 7) is 4.64. The molecule has 0 heterocycles. The summed E-state index contributed by atoms with van der Waals surface area (Å²) in [5, 5.41) is 0. The van der Waals surface area contributed by atoms with Crippen molar-refractivity contribution in [2.45, 2.75) is 57.6 Å². The van der Waals surface area contributed by atoms with Crippen molar-refractivity contribution in [2.75, 3.05) is 6.61 Å². The molecule has 1 atom stereocenters. The Morgan fingerprint density at radius 2 is 2.05 bits per heavy atom. The van der Waals surface area contributed by atoms with Gasteiger partial charge in [0.2, 0.25) is 0 Å². The Hall–Kier alpha value is -0.970. The number of nitrogens with one attached hydrogen (secondary N) is 1. The number of aryl methyl sites for hydroxylation is 1. The topological polar surface area (TPSA) is 47.3 Å². The maximum Gasteiger partial charge on any atom is 0.123 e. The van der Waals surface area contributed by atoms with Crippen LogP contribution >= 0.6 is 0 Å². The summed E-state index contributed by atoms with van der Waals surface area (Å²) in [5.74, 6) is 5.59. The van der Waals surface area contributed by atoms with E-state index in [1.54, 1.807) is 12.1 Å². The van der Waals surface area contributed by atoms with E-state index >= 15 is 0 Å². The Labute approximate surface area is 120 Å². The third kappa shape index (κ3) is 3.03. The molecule has 1 saturated carbocycles. The second-order valence-electron chi connectivity index (χ2n) is 5.66. The third-order valence-electron chi connectivity index (χ3n) is 4.38. The number of hydrogen-bond acceptors (Lipinski definition) is 3. The third-order valence-corrected chi connectivity index (χ3v) is 4.38. The van der Waals surface area contributed by atoms with Gasteiger partial charge in [-0.3, -0.25) is 11.3 Å². The van der Waals surface area contributed by atoms with Crippen molar-refractivity contribution in [3.63, 3.8) is 0 Å². The molecular formula is C16H25FN2O. The van der Waals surface area contributed by atoms with Gasteiger partial charge < -0.3 is 4.74 Å². The summed E-state index contributed by atoms with van der Waals surface area (Å²) in [6, 6.07) is 4.70. The van der Waals surface area contributed by atoms with Crippen molar-refractivity contribution in [1.82, 2.24) is 5.43 Å². The SMILES string of the molecule is CCOC1(C(NN)c2cc(F)ccc2C)CCCCC1. The van der Waals surface area contributed by atoms with Gasteiger partial charge in [-0.1, -0.05) is 25.3 Å². The fourth-order valence-electron chi connectivity index (χ4n) is 3.40. The standard InChI is InChI=1S/C16H25FN2O/c1-3-20-16(9-5-4-6-10-16)15(19-18)14-11-13(17)8-7-12(14)2/h7-8,11,15,19H,3-6,9-10,18H2,1-2H3. The minimum Gasteiger partial charge on any atom is -0.373 e. The Kier molecular flexibility index (Phi) is 5.13. The van der Waals surface area contributed by atoms with Gasteiger partial charge in [0.1, 0.15) is 5.82 Å². The van der Waals surface area contributed by atoms with Crippen LogP contribution in [0.3, 0.4) is 0 Å². The minimum atomic E-state index is -0.319. The average molecular weight is 280 g/mol. The molecule has 0 spiro atoms. The molecular weight excluding hydrogens is 255 g/mol. The number of hydrogen-bond donors (Lipinski definition) is 2. The summed E-state index contributed by atoms with van der Waals surface area (Å²) in [6.07, 6.45) is 5.42. The van der Waals surface area contributed by atoms with Crippen molar-refractivity contribution in [1.29, 1.82) is 0 Å². The zero-order valence-corrected chi connectivity index (χ0v) is 12.4. The normalized spacial score (nSPS) is 19.8. The Morgan fingerprint density at radius 1 is 1.35 bits per heavy atom. The number of benzene rings is 1. The molecule has 0 bridgehead atoms. The highest BCUT2D eigenvalue weighted by molar-refractivity contribution is 5.32. The summed E-state index contributed by atoms with van der Waals surface area (Å²) in [5.41, 5.74) is 4.52. The van der Waals surface area contributed by atoms with Crippen molar-refractivity contribution >= 4 is 0 Å². The van der Waals surface area contributed by atoms with E-state index in [4.69, 9.17) is 10.6 Å². The van der Waals surface area contributed by atoms with E-state index in [0.717, 1.165) is 36.8 Å². The van der Waals surface area contributed by atoms with Crippen LogP contribution in [-0.2, 0) is 4.74 Å². The smallest absolute Gasteiger partial charge is 0.123 e. The van der Waals surface area contributed by atoms with E-state index in [-0.39, 0.29) is 17.5 Å². The summed E-state index contributed by atoms with van der Waals surface area (Å²) in [7, 11) is 0. The lowest BCUT2D eigenvalue weighted by Gasteiger charge is -2.43. The highest BCUT2D eigenvalue weighted by atomic mass is 19.1. The molecule has 20 heavy (non-hydrogen) atoms. The predicted octanol–water partition coefficient (Wildman–Crippen LogP) is 3.38. The van der Waals surface area contributed by atoms with Gasteiger partial charge >= 0.3 is 0 Å². The van der Waals surface area contributed by atoms with Crippen molar-refractivity contribution in [3.05, 3.63) is 35.1 Å². The predicted molar refractivity (Wildman–Crippen MR) is 78.6 cm³/mol. The molecule has 1 aromatic rings. The minimum absolute atomic E-state index is 0.168. The molecule has 1 aliphatic carbocycles. The van der Waals surface area contributed by atoms with Crippen LogP contribution in [0, 0.1) is 12.7 Å². The lowest BCUT2D eigenvalue weighted by atomic mass is 9.76. The monoisotopic (exact) mass is 280 g/mol. The van der Waals surface area contributed by atoms with Gasteiger partial charge in [0.15, 0.2) is 0 Å². The van der Waals surface area contributed by atoms with Crippen LogP contribution in [0.1, 0.15) is 56.2 Å². The van der Waals surface area contributed by atoms with Crippen molar-refractivity contribution in [3.8, 4) is 0 Å². The Balaban J connectivity index is 2.39. The van der Waals surface area contributed by atoms with Crippen LogP contribution in [0.4, 0.5) is 4.39 Å². The van der Waals surface area contributed by atoms with Gasteiger partial charge in [0, 0.05) is 6.61 Å². The second kappa shape index (κ2) is 6.66. The van der Waals surface area contributed by atoms with E-state index in [9.17, 15) is 4.39 Å².